The third-order valence-corrected chi connectivity index (χ3v) is 2.00. The molecule has 0 saturated heterocycles. The van der Waals surface area contributed by atoms with Gasteiger partial charge in [-0.2, -0.15) is 5.26 Å². The van der Waals surface area contributed by atoms with Crippen LogP contribution in [-0.4, -0.2) is 16.3 Å². The Hall–Kier alpha value is -1.58. The molecule has 0 fully saturated rings. The SMILES string of the molecule is N#CCC(O)C(O)c1cc(F)cc(F)c1F. The minimum atomic E-state index is -1.84. The van der Waals surface area contributed by atoms with Crippen LogP contribution in [0, 0.1) is 28.8 Å². The third-order valence-electron chi connectivity index (χ3n) is 2.00. The van der Waals surface area contributed by atoms with Crippen molar-refractivity contribution < 1.29 is 23.4 Å². The van der Waals surface area contributed by atoms with Crippen molar-refractivity contribution in [3.63, 3.8) is 0 Å². The van der Waals surface area contributed by atoms with Gasteiger partial charge < -0.3 is 10.2 Å². The highest BCUT2D eigenvalue weighted by Gasteiger charge is 2.24. The molecule has 1 aromatic carbocycles. The zero-order valence-corrected chi connectivity index (χ0v) is 7.99. The summed E-state index contributed by atoms with van der Waals surface area (Å²) >= 11 is 0. The molecule has 86 valence electrons. The van der Waals surface area contributed by atoms with E-state index in [1.165, 1.54) is 0 Å². The maximum atomic E-state index is 13.1. The van der Waals surface area contributed by atoms with Gasteiger partial charge >= 0.3 is 0 Å². The van der Waals surface area contributed by atoms with Crippen LogP contribution in [-0.2, 0) is 0 Å². The fourth-order valence-electron chi connectivity index (χ4n) is 1.20. The second-order valence-corrected chi connectivity index (χ2v) is 3.17. The molecule has 0 bridgehead atoms. The number of hydrogen-bond acceptors (Lipinski definition) is 3. The number of rotatable bonds is 3. The first-order chi connectivity index (χ1) is 7.47. The molecule has 6 heteroatoms. The van der Waals surface area contributed by atoms with Crippen molar-refractivity contribution in [2.75, 3.05) is 0 Å². The summed E-state index contributed by atoms with van der Waals surface area (Å²) in [6.45, 7) is 0. The van der Waals surface area contributed by atoms with Crippen molar-refractivity contribution in [1.82, 2.24) is 0 Å². The molecule has 0 spiro atoms. The molecule has 0 aliphatic rings. The van der Waals surface area contributed by atoms with Gasteiger partial charge in [0, 0.05) is 11.6 Å². The summed E-state index contributed by atoms with van der Waals surface area (Å²) in [4.78, 5) is 0. The predicted octanol–water partition coefficient (Wildman–Crippen LogP) is 1.41. The summed E-state index contributed by atoms with van der Waals surface area (Å²) in [5.41, 5.74) is -0.708. The maximum Gasteiger partial charge on any atom is 0.164 e. The molecule has 0 aromatic heterocycles. The van der Waals surface area contributed by atoms with E-state index < -0.39 is 41.6 Å². The van der Waals surface area contributed by atoms with E-state index >= 15 is 0 Å². The summed E-state index contributed by atoms with van der Waals surface area (Å²) in [5, 5.41) is 26.8. The average Bonchev–Trinajstić information content (AvgIpc) is 2.22. The summed E-state index contributed by atoms with van der Waals surface area (Å²) in [6, 6.07) is 2.44. The largest absolute Gasteiger partial charge is 0.389 e. The van der Waals surface area contributed by atoms with Gasteiger partial charge in [-0.25, -0.2) is 13.2 Å². The summed E-state index contributed by atoms with van der Waals surface area (Å²) in [6.07, 6.45) is -3.91. The topological polar surface area (TPSA) is 64.2 Å². The molecule has 0 heterocycles. The lowest BCUT2D eigenvalue weighted by molar-refractivity contribution is 0.0189. The van der Waals surface area contributed by atoms with Crippen molar-refractivity contribution >= 4 is 0 Å². The van der Waals surface area contributed by atoms with Gasteiger partial charge in [0.25, 0.3) is 0 Å². The smallest absolute Gasteiger partial charge is 0.164 e. The summed E-state index contributed by atoms with van der Waals surface area (Å²) in [7, 11) is 0. The van der Waals surface area contributed by atoms with E-state index in [2.05, 4.69) is 0 Å². The molecular formula is C10H8F3NO2. The van der Waals surface area contributed by atoms with E-state index in [9.17, 15) is 23.4 Å². The van der Waals surface area contributed by atoms with Crippen molar-refractivity contribution in [2.45, 2.75) is 18.6 Å². The van der Waals surface area contributed by atoms with Gasteiger partial charge in [0.05, 0.1) is 18.6 Å². The van der Waals surface area contributed by atoms with E-state index in [0.29, 0.717) is 12.1 Å². The van der Waals surface area contributed by atoms with Gasteiger partial charge in [0.2, 0.25) is 0 Å². The standard InChI is InChI=1S/C10H8F3NO2/c11-5-3-6(9(13)7(12)4-5)10(16)8(15)1-2-14/h3-4,8,10,15-16H,1H2. The van der Waals surface area contributed by atoms with Crippen LogP contribution in [0.5, 0.6) is 0 Å². The lowest BCUT2D eigenvalue weighted by atomic mass is 10.0. The van der Waals surface area contributed by atoms with Crippen LogP contribution in [0.2, 0.25) is 0 Å². The third kappa shape index (κ3) is 2.51. The molecule has 0 amide bonds. The van der Waals surface area contributed by atoms with Gasteiger partial charge in [-0.1, -0.05) is 0 Å². The summed E-state index contributed by atoms with van der Waals surface area (Å²) in [5.74, 6) is -3.97. The zero-order valence-electron chi connectivity index (χ0n) is 7.99. The maximum absolute atomic E-state index is 13.1. The van der Waals surface area contributed by atoms with Crippen LogP contribution in [0.4, 0.5) is 13.2 Å². The van der Waals surface area contributed by atoms with E-state index in [4.69, 9.17) is 5.26 Å². The van der Waals surface area contributed by atoms with Crippen LogP contribution >= 0.6 is 0 Å². The normalized spacial score (nSPS) is 14.2. The number of benzene rings is 1. The van der Waals surface area contributed by atoms with Crippen LogP contribution in [0.1, 0.15) is 18.1 Å². The Bertz CT molecular complexity index is 431. The van der Waals surface area contributed by atoms with E-state index in [0.717, 1.165) is 0 Å². The predicted molar refractivity (Wildman–Crippen MR) is 47.5 cm³/mol. The second kappa shape index (κ2) is 4.96. The Kier molecular flexibility index (Phi) is 3.88. The molecule has 0 aliphatic heterocycles. The highest BCUT2D eigenvalue weighted by molar-refractivity contribution is 5.23. The van der Waals surface area contributed by atoms with Crippen molar-refractivity contribution in [3.05, 3.63) is 35.1 Å². The average molecular weight is 231 g/mol. The molecule has 3 nitrogen and oxygen atoms in total. The first-order valence-electron chi connectivity index (χ1n) is 4.35. The molecule has 0 aliphatic carbocycles. The molecule has 16 heavy (non-hydrogen) atoms. The van der Waals surface area contributed by atoms with Crippen molar-refractivity contribution in [1.29, 1.82) is 5.26 Å². The van der Waals surface area contributed by atoms with Crippen LogP contribution in [0.15, 0.2) is 12.1 Å². The van der Waals surface area contributed by atoms with Gasteiger partial charge in [-0.05, 0) is 6.07 Å². The number of aliphatic hydroxyl groups excluding tert-OH is 2. The van der Waals surface area contributed by atoms with Gasteiger partial charge in [0.1, 0.15) is 11.9 Å². The van der Waals surface area contributed by atoms with E-state index in [1.54, 1.807) is 6.07 Å². The van der Waals surface area contributed by atoms with Gasteiger partial charge in [-0.15, -0.1) is 0 Å². The lowest BCUT2D eigenvalue weighted by Gasteiger charge is -2.16. The summed E-state index contributed by atoms with van der Waals surface area (Å²) < 4.78 is 38.7. The first kappa shape index (κ1) is 12.5. The van der Waals surface area contributed by atoms with Crippen LogP contribution in [0.25, 0.3) is 0 Å². The molecule has 2 atom stereocenters. The Morgan fingerprint density at radius 2 is 1.88 bits per heavy atom. The number of aliphatic hydroxyl groups is 2. The monoisotopic (exact) mass is 231 g/mol. The highest BCUT2D eigenvalue weighted by atomic mass is 19.2. The molecule has 1 rings (SSSR count). The fourth-order valence-corrected chi connectivity index (χ4v) is 1.20. The van der Waals surface area contributed by atoms with E-state index in [1.807, 2.05) is 0 Å². The minimum Gasteiger partial charge on any atom is -0.389 e. The van der Waals surface area contributed by atoms with Gasteiger partial charge in [0.15, 0.2) is 11.6 Å². The van der Waals surface area contributed by atoms with E-state index in [-0.39, 0.29) is 0 Å². The molecule has 0 radical (unpaired) electrons. The Morgan fingerprint density at radius 1 is 1.25 bits per heavy atom. The molecular weight excluding hydrogens is 223 g/mol. The molecule has 2 N–H and O–H groups in total. The molecule has 0 saturated carbocycles. The van der Waals surface area contributed by atoms with Crippen LogP contribution < -0.4 is 0 Å². The Balaban J connectivity index is 3.08. The van der Waals surface area contributed by atoms with Crippen molar-refractivity contribution in [2.24, 2.45) is 0 Å². The van der Waals surface area contributed by atoms with Gasteiger partial charge in [-0.3, -0.25) is 0 Å². The Morgan fingerprint density at radius 3 is 2.44 bits per heavy atom. The van der Waals surface area contributed by atoms with Crippen molar-refractivity contribution in [3.8, 4) is 6.07 Å². The Labute approximate surface area is 89.4 Å². The number of nitriles is 1. The minimum absolute atomic E-state index is 0.322. The highest BCUT2D eigenvalue weighted by Crippen LogP contribution is 2.24. The fraction of sp³-hybridized carbons (Fsp3) is 0.300. The number of halogens is 3. The molecule has 1 aromatic rings. The number of nitrogens with zero attached hydrogens (tertiary/aromatic N) is 1. The second-order valence-electron chi connectivity index (χ2n) is 3.17. The lowest BCUT2D eigenvalue weighted by Crippen LogP contribution is -2.19. The quantitative estimate of drug-likeness (QED) is 0.773. The van der Waals surface area contributed by atoms with Crippen LogP contribution in [0.3, 0.4) is 0 Å². The molecule has 2 unspecified atom stereocenters. The first-order valence-corrected chi connectivity index (χ1v) is 4.35. The zero-order chi connectivity index (χ0) is 12.3. The number of hydrogen-bond donors (Lipinski definition) is 2.